The number of fused-ring (bicyclic) bond motifs is 2. The van der Waals surface area contributed by atoms with Crippen LogP contribution in [0.3, 0.4) is 0 Å². The molecule has 1 fully saturated rings. The van der Waals surface area contributed by atoms with Crippen LogP contribution in [0.25, 0.3) is 0 Å². The van der Waals surface area contributed by atoms with E-state index in [4.69, 9.17) is 0 Å². The molecule has 228 valence electrons. The number of aromatic nitrogens is 1. The first-order valence-electron chi connectivity index (χ1n) is 12.7. The predicted octanol–water partition coefficient (Wildman–Crippen LogP) is 6.44. The molecule has 4 heterocycles. The number of thiazole rings is 1. The van der Waals surface area contributed by atoms with Crippen molar-refractivity contribution in [1.29, 1.82) is 0 Å². The van der Waals surface area contributed by atoms with Crippen LogP contribution in [-0.4, -0.2) is 27.5 Å². The number of rotatable bonds is 5. The zero-order valence-electron chi connectivity index (χ0n) is 21.8. The Hall–Kier alpha value is -3.89. The molecule has 2 unspecified atom stereocenters. The molecule has 2 aromatic heterocycles. The second-order valence-electron chi connectivity index (χ2n) is 9.87. The molecule has 7 nitrogen and oxygen atoms in total. The maximum atomic E-state index is 13.8. The number of imide groups is 1. The van der Waals surface area contributed by atoms with Crippen LogP contribution in [-0.2, 0) is 33.3 Å². The summed E-state index contributed by atoms with van der Waals surface area (Å²) < 4.78 is 80.7. The molecular formula is C28H17F6N3O4S3. The van der Waals surface area contributed by atoms with E-state index >= 15 is 0 Å². The number of nitrogens with one attached hydrogen (secondary N) is 1. The minimum absolute atomic E-state index is 0.139. The van der Waals surface area contributed by atoms with Gasteiger partial charge in [0.25, 0.3) is 0 Å². The van der Waals surface area contributed by atoms with Gasteiger partial charge in [-0.05, 0) is 47.8 Å². The Morgan fingerprint density at radius 2 is 1.55 bits per heavy atom. The van der Waals surface area contributed by atoms with Crippen LogP contribution >= 0.6 is 34.4 Å². The average Bonchev–Trinajstić information content (AvgIpc) is 3.65. The van der Waals surface area contributed by atoms with Crippen molar-refractivity contribution in [2.24, 2.45) is 5.92 Å². The molecule has 6 rings (SSSR count). The van der Waals surface area contributed by atoms with Crippen molar-refractivity contribution in [2.75, 3.05) is 10.2 Å². The van der Waals surface area contributed by atoms with Crippen LogP contribution < -0.4 is 15.1 Å². The summed E-state index contributed by atoms with van der Waals surface area (Å²) in [6, 6.07) is 11.3. The van der Waals surface area contributed by atoms with E-state index in [0.717, 1.165) is 69.0 Å². The summed E-state index contributed by atoms with van der Waals surface area (Å²) in [6.07, 6.45) is -9.35. The Bertz CT molecular complexity index is 1850. The average molecular weight is 670 g/mol. The van der Waals surface area contributed by atoms with Crippen molar-refractivity contribution in [2.45, 2.75) is 35.1 Å². The topological polar surface area (TPSA) is 88.5 Å². The normalized spacial score (nSPS) is 20.0. The summed E-state index contributed by atoms with van der Waals surface area (Å²) in [5.74, 6) is -4.13. The van der Waals surface area contributed by atoms with Gasteiger partial charge in [-0.15, -0.1) is 11.3 Å². The second-order valence-corrected chi connectivity index (χ2v) is 13.0. The van der Waals surface area contributed by atoms with Gasteiger partial charge in [-0.2, -0.15) is 26.3 Å². The summed E-state index contributed by atoms with van der Waals surface area (Å²) in [7, 11) is 0. The third-order valence-corrected chi connectivity index (χ3v) is 10.7. The SMILES string of the molecule is O=C(Cn1c2c(sc1=O)[C@@H](c1cccs1)C1C(=O)N(c3cccc(C(F)(F)F)c3)C(=O)C1S2)Nc1cccc(C(F)(F)F)c1. The summed E-state index contributed by atoms with van der Waals surface area (Å²) in [5, 5.41) is 3.19. The van der Waals surface area contributed by atoms with Gasteiger partial charge in [0, 0.05) is 21.4 Å². The van der Waals surface area contributed by atoms with E-state index in [-0.39, 0.29) is 16.4 Å². The minimum atomic E-state index is -4.71. The minimum Gasteiger partial charge on any atom is -0.325 e. The van der Waals surface area contributed by atoms with Crippen LogP contribution in [0, 0.1) is 5.92 Å². The van der Waals surface area contributed by atoms with Gasteiger partial charge < -0.3 is 5.32 Å². The zero-order chi connectivity index (χ0) is 31.6. The maximum absolute atomic E-state index is 13.8. The Morgan fingerprint density at radius 3 is 2.20 bits per heavy atom. The van der Waals surface area contributed by atoms with Crippen LogP contribution in [0.15, 0.2) is 75.9 Å². The molecule has 0 radical (unpaired) electrons. The molecule has 0 saturated carbocycles. The van der Waals surface area contributed by atoms with Gasteiger partial charge in [0.1, 0.15) is 11.8 Å². The number of carbonyl (C=O) groups excluding carboxylic acids is 3. The molecule has 3 amide bonds. The molecule has 2 aliphatic rings. The molecular weight excluding hydrogens is 653 g/mol. The Balaban J connectivity index is 1.35. The first kappa shape index (κ1) is 30.1. The summed E-state index contributed by atoms with van der Waals surface area (Å²) in [5.41, 5.74) is -2.39. The van der Waals surface area contributed by atoms with Crippen LogP contribution in [0.2, 0.25) is 0 Å². The second kappa shape index (κ2) is 10.9. The number of benzene rings is 2. The largest absolute Gasteiger partial charge is 0.416 e. The number of carbonyl (C=O) groups is 3. The van der Waals surface area contributed by atoms with E-state index in [1.165, 1.54) is 23.5 Å². The maximum Gasteiger partial charge on any atom is 0.416 e. The quantitative estimate of drug-likeness (QED) is 0.195. The smallest absolute Gasteiger partial charge is 0.325 e. The molecule has 3 atom stereocenters. The fraction of sp³-hybridized carbons (Fsp3) is 0.214. The number of nitrogens with zero attached hydrogens (tertiary/aromatic N) is 2. The third kappa shape index (κ3) is 5.34. The van der Waals surface area contributed by atoms with Crippen molar-refractivity contribution in [1.82, 2.24) is 4.57 Å². The lowest BCUT2D eigenvalue weighted by atomic mass is 9.87. The number of amides is 3. The molecule has 16 heteroatoms. The monoisotopic (exact) mass is 669 g/mol. The lowest BCUT2D eigenvalue weighted by Crippen LogP contribution is -2.32. The van der Waals surface area contributed by atoms with Crippen molar-refractivity contribution < 1.29 is 40.7 Å². The number of thiophene rings is 1. The van der Waals surface area contributed by atoms with Crippen molar-refractivity contribution in [3.05, 3.63) is 96.6 Å². The number of hydrogen-bond acceptors (Lipinski definition) is 7. The highest BCUT2D eigenvalue weighted by Crippen LogP contribution is 2.54. The number of hydrogen-bond donors (Lipinski definition) is 1. The molecule has 1 saturated heterocycles. The van der Waals surface area contributed by atoms with Crippen LogP contribution in [0.5, 0.6) is 0 Å². The van der Waals surface area contributed by atoms with Gasteiger partial charge in [0.15, 0.2) is 0 Å². The van der Waals surface area contributed by atoms with Gasteiger partial charge in [-0.3, -0.25) is 23.7 Å². The fourth-order valence-electron chi connectivity index (χ4n) is 5.22. The van der Waals surface area contributed by atoms with Crippen molar-refractivity contribution >= 4 is 63.5 Å². The van der Waals surface area contributed by atoms with E-state index in [0.29, 0.717) is 9.75 Å². The molecule has 0 bridgehead atoms. The Kier molecular flexibility index (Phi) is 7.49. The third-order valence-electron chi connectivity index (χ3n) is 7.11. The molecule has 0 aliphatic carbocycles. The molecule has 0 spiro atoms. The predicted molar refractivity (Wildman–Crippen MR) is 152 cm³/mol. The highest BCUT2D eigenvalue weighted by Gasteiger charge is 2.57. The first-order valence-corrected chi connectivity index (χ1v) is 15.3. The highest BCUT2D eigenvalue weighted by atomic mass is 32.2. The molecule has 4 aromatic rings. The zero-order valence-corrected chi connectivity index (χ0v) is 24.3. The molecule has 2 aliphatic heterocycles. The van der Waals surface area contributed by atoms with Gasteiger partial charge >= 0.3 is 17.2 Å². The van der Waals surface area contributed by atoms with Crippen molar-refractivity contribution in [3.8, 4) is 0 Å². The van der Waals surface area contributed by atoms with Gasteiger partial charge in [-0.25, -0.2) is 4.90 Å². The fourth-order valence-corrected chi connectivity index (χ4v) is 8.94. The number of thioether (sulfide) groups is 1. The van der Waals surface area contributed by atoms with Crippen LogP contribution in [0.4, 0.5) is 37.7 Å². The van der Waals surface area contributed by atoms with E-state index in [1.807, 2.05) is 0 Å². The van der Waals surface area contributed by atoms with E-state index in [9.17, 15) is 45.5 Å². The molecule has 44 heavy (non-hydrogen) atoms. The first-order chi connectivity index (χ1) is 20.7. The lowest BCUT2D eigenvalue weighted by Gasteiger charge is -2.29. The van der Waals surface area contributed by atoms with Crippen LogP contribution in [0.1, 0.15) is 26.8 Å². The van der Waals surface area contributed by atoms with Crippen molar-refractivity contribution in [3.63, 3.8) is 0 Å². The standard InChI is InChI=1S/C28H17F6N3O4S3/c29-27(30,31)13-4-1-6-15(10-13)35-18(38)12-36-25-22(44-26(36)41)19(17-8-3-9-42-17)20-21(43-25)24(40)37(23(20)39)16-7-2-5-14(11-16)28(32,33)34/h1-11,19-21H,12H2,(H,35,38)/t19-,20?,21?/m0/s1. The van der Waals surface area contributed by atoms with E-state index < -0.39 is 69.7 Å². The van der Waals surface area contributed by atoms with E-state index in [2.05, 4.69) is 5.32 Å². The summed E-state index contributed by atoms with van der Waals surface area (Å²) in [4.78, 5) is 54.7. The number of anilines is 2. The Labute approximate surface area is 256 Å². The molecule has 1 N–H and O–H groups in total. The number of halogens is 6. The summed E-state index contributed by atoms with van der Waals surface area (Å²) >= 11 is 2.90. The van der Waals surface area contributed by atoms with Gasteiger partial charge in [0.2, 0.25) is 17.7 Å². The molecule has 2 aromatic carbocycles. The van der Waals surface area contributed by atoms with Gasteiger partial charge in [0.05, 0.1) is 27.8 Å². The van der Waals surface area contributed by atoms with E-state index in [1.54, 1.807) is 17.5 Å². The summed E-state index contributed by atoms with van der Waals surface area (Å²) in [6.45, 7) is -0.595. The van der Waals surface area contributed by atoms with Gasteiger partial charge in [-0.1, -0.05) is 41.3 Å². The Morgan fingerprint density at radius 1 is 0.864 bits per heavy atom. The number of alkyl halides is 6. The lowest BCUT2D eigenvalue weighted by molar-refractivity contribution is -0.138. The highest BCUT2D eigenvalue weighted by molar-refractivity contribution is 8.00.